The molecule has 0 bridgehead atoms. The van der Waals surface area contributed by atoms with Crippen LogP contribution in [-0.4, -0.2) is 113 Å². The smallest absolute Gasteiger partial charge is 0.249 e. The lowest BCUT2D eigenvalue weighted by Gasteiger charge is -2.48. The quantitative estimate of drug-likeness (QED) is 0.127. The Bertz CT molecular complexity index is 2470. The highest BCUT2D eigenvalue weighted by atomic mass is 32.2. The Morgan fingerprint density at radius 2 is 1.81 bits per heavy atom. The van der Waals surface area contributed by atoms with Crippen molar-refractivity contribution in [2.75, 3.05) is 55.2 Å². The minimum atomic E-state index is -4.07. The summed E-state index contributed by atoms with van der Waals surface area (Å²) in [7, 11) is -4.07. The molecule has 8 rings (SSSR count). The van der Waals surface area contributed by atoms with E-state index in [1.165, 1.54) is 29.7 Å². The number of piperidine rings is 3. The molecule has 62 heavy (non-hydrogen) atoms. The van der Waals surface area contributed by atoms with E-state index >= 15 is 8.78 Å². The van der Waals surface area contributed by atoms with Crippen LogP contribution < -0.4 is 26.4 Å². The van der Waals surface area contributed by atoms with Crippen molar-refractivity contribution >= 4 is 56.4 Å². The first-order chi connectivity index (χ1) is 29.6. The molecule has 0 spiro atoms. The van der Waals surface area contributed by atoms with Gasteiger partial charge in [0.1, 0.15) is 22.9 Å². The van der Waals surface area contributed by atoms with Crippen molar-refractivity contribution in [3.05, 3.63) is 70.9 Å². The van der Waals surface area contributed by atoms with E-state index in [-0.39, 0.29) is 60.1 Å². The fourth-order valence-electron chi connectivity index (χ4n) is 9.00. The number of anilines is 3. The van der Waals surface area contributed by atoms with Gasteiger partial charge in [0.05, 0.1) is 39.0 Å². The van der Waals surface area contributed by atoms with Gasteiger partial charge in [-0.2, -0.15) is 0 Å². The van der Waals surface area contributed by atoms with E-state index in [9.17, 15) is 27.9 Å². The molecule has 4 aromatic rings. The number of nitrogen functional groups attached to an aromatic ring is 1. The van der Waals surface area contributed by atoms with Gasteiger partial charge in [-0.3, -0.25) is 24.6 Å². The number of hydrogen-bond acceptors (Lipinski definition) is 14. The van der Waals surface area contributed by atoms with Gasteiger partial charge in [0, 0.05) is 67.6 Å². The standard InChI is InChI=1S/C42H50F2N10O6S2/c1-2-33(62(46,59)60)27-4-3-5-28(36(27)44)37-38(30-10-15-47-41(45)49-30)61-40(51-37)24-11-16-52(17-12-24)26-22-54(23-26)35(56)21-42(58)13-18-53(19-14-42)32-8-6-25(20-29(32)43)48-31-7-9-34(55)50-39(31)57/h3-6,8,10,15,20,24,26,31,33,48,58H,2,7,9,11-14,16-19,21-23H2,1H3,(H2,45,47,49)(H2,46,59,60)(H,50,55,57). The lowest BCUT2D eigenvalue weighted by Crippen LogP contribution is -2.63. The van der Waals surface area contributed by atoms with Crippen LogP contribution in [0.4, 0.5) is 26.1 Å². The Kier molecular flexibility index (Phi) is 12.3. The number of benzene rings is 2. The lowest BCUT2D eigenvalue weighted by molar-refractivity contribution is -0.145. The van der Waals surface area contributed by atoms with Crippen LogP contribution in [0, 0.1) is 11.6 Å². The predicted octanol–water partition coefficient (Wildman–Crippen LogP) is 3.90. The number of carbonyl (C=O) groups excluding carboxylic acids is 3. The molecule has 4 fully saturated rings. The number of carbonyl (C=O) groups is 3. The van der Waals surface area contributed by atoms with E-state index in [0.29, 0.717) is 73.1 Å². The van der Waals surface area contributed by atoms with Crippen molar-refractivity contribution < 1.29 is 36.7 Å². The van der Waals surface area contributed by atoms with Crippen LogP contribution in [0.25, 0.3) is 21.8 Å². The summed E-state index contributed by atoms with van der Waals surface area (Å²) in [5.41, 5.74) is 6.49. The number of aromatic nitrogens is 3. The van der Waals surface area contributed by atoms with Crippen LogP contribution in [0.1, 0.15) is 80.0 Å². The van der Waals surface area contributed by atoms with Gasteiger partial charge < -0.3 is 26.0 Å². The van der Waals surface area contributed by atoms with E-state index in [2.05, 4.69) is 25.5 Å². The van der Waals surface area contributed by atoms with Crippen molar-refractivity contribution in [3.8, 4) is 21.8 Å². The maximum Gasteiger partial charge on any atom is 0.249 e. The van der Waals surface area contributed by atoms with Crippen molar-refractivity contribution in [2.24, 2.45) is 5.14 Å². The molecule has 0 radical (unpaired) electrons. The highest BCUT2D eigenvalue weighted by Crippen LogP contribution is 2.43. The zero-order chi connectivity index (χ0) is 43.9. The van der Waals surface area contributed by atoms with Gasteiger partial charge in [0.15, 0.2) is 0 Å². The third kappa shape index (κ3) is 9.15. The summed E-state index contributed by atoms with van der Waals surface area (Å²) in [4.78, 5) is 56.9. The number of imide groups is 1. The molecule has 2 aromatic heterocycles. The molecule has 0 saturated carbocycles. The highest BCUT2D eigenvalue weighted by Gasteiger charge is 2.42. The summed E-state index contributed by atoms with van der Waals surface area (Å²) >= 11 is 1.41. The number of nitrogens with two attached hydrogens (primary N) is 2. The third-order valence-electron chi connectivity index (χ3n) is 12.6. The number of aliphatic hydroxyl groups is 1. The lowest BCUT2D eigenvalue weighted by atomic mass is 9.86. The number of nitrogens with zero attached hydrogens (tertiary/aromatic N) is 6. The predicted molar refractivity (Wildman–Crippen MR) is 230 cm³/mol. The number of sulfonamides is 1. The monoisotopic (exact) mass is 892 g/mol. The first-order valence-electron chi connectivity index (χ1n) is 20.9. The van der Waals surface area contributed by atoms with E-state index in [1.54, 1.807) is 42.2 Å². The SMILES string of the molecule is CCC(c1cccc(-c2nc(C3CCN(C4CN(C(=O)CC5(O)CCN(c6ccc(NC7CCC(=O)NC7=O)cc6F)CC5)C4)CC3)sc2-c2ccnc(N)n2)c1F)S(N)(=O)=O. The van der Waals surface area contributed by atoms with Gasteiger partial charge >= 0.3 is 0 Å². The van der Waals surface area contributed by atoms with Crippen molar-refractivity contribution in [1.29, 1.82) is 0 Å². The number of nitrogens with one attached hydrogen (secondary N) is 2. The number of hydrogen-bond donors (Lipinski definition) is 5. The van der Waals surface area contributed by atoms with E-state index < -0.39 is 44.5 Å². The maximum absolute atomic E-state index is 16.3. The van der Waals surface area contributed by atoms with Crippen LogP contribution in [0.15, 0.2) is 48.7 Å². The number of primary sulfonamides is 1. The fourth-order valence-corrected chi connectivity index (χ4v) is 11.2. The molecule has 4 saturated heterocycles. The van der Waals surface area contributed by atoms with Gasteiger partial charge in [-0.25, -0.2) is 37.3 Å². The van der Waals surface area contributed by atoms with Gasteiger partial charge in [-0.1, -0.05) is 19.1 Å². The Morgan fingerprint density at radius 3 is 2.47 bits per heavy atom. The second-order valence-electron chi connectivity index (χ2n) is 16.7. The molecule has 4 aliphatic rings. The molecule has 6 heterocycles. The van der Waals surface area contributed by atoms with Crippen LogP contribution >= 0.6 is 11.3 Å². The molecule has 16 nitrogen and oxygen atoms in total. The Morgan fingerprint density at radius 1 is 1.06 bits per heavy atom. The summed E-state index contributed by atoms with van der Waals surface area (Å²) in [6, 6.07) is 10.5. The zero-order valence-corrected chi connectivity index (χ0v) is 35.9. The van der Waals surface area contributed by atoms with Gasteiger partial charge in [0.2, 0.25) is 33.7 Å². The largest absolute Gasteiger partial charge is 0.389 e. The molecular weight excluding hydrogens is 843 g/mol. The Labute approximate surface area is 362 Å². The van der Waals surface area contributed by atoms with Crippen LogP contribution in [-0.2, 0) is 24.4 Å². The number of thiazole rings is 1. The average molecular weight is 893 g/mol. The summed E-state index contributed by atoms with van der Waals surface area (Å²) in [5, 5.41) is 21.8. The molecule has 2 atom stereocenters. The van der Waals surface area contributed by atoms with Crippen molar-refractivity contribution in [1.82, 2.24) is 30.1 Å². The van der Waals surface area contributed by atoms with Crippen LogP contribution in [0.5, 0.6) is 0 Å². The summed E-state index contributed by atoms with van der Waals surface area (Å²) in [5.74, 6) is -1.93. The third-order valence-corrected chi connectivity index (χ3v) is 15.2. The molecule has 2 unspecified atom stereocenters. The van der Waals surface area contributed by atoms with Crippen LogP contribution in [0.3, 0.4) is 0 Å². The first-order valence-corrected chi connectivity index (χ1v) is 23.3. The van der Waals surface area contributed by atoms with Gasteiger partial charge in [-0.15, -0.1) is 11.3 Å². The molecule has 4 aliphatic heterocycles. The first kappa shape index (κ1) is 43.5. The molecule has 0 aliphatic carbocycles. The van der Waals surface area contributed by atoms with Crippen molar-refractivity contribution in [2.45, 2.75) is 87.1 Å². The van der Waals surface area contributed by atoms with Gasteiger partial charge in [-0.05, 0) is 81.9 Å². The number of halogens is 2. The summed E-state index contributed by atoms with van der Waals surface area (Å²) in [6.45, 7) is 5.03. The molecule has 2 aromatic carbocycles. The second kappa shape index (κ2) is 17.5. The summed E-state index contributed by atoms with van der Waals surface area (Å²) < 4.78 is 56.3. The van der Waals surface area contributed by atoms with Crippen molar-refractivity contribution in [3.63, 3.8) is 0 Å². The summed E-state index contributed by atoms with van der Waals surface area (Å²) in [6.07, 6.45) is 4.32. The normalized spacial score (nSPS) is 20.8. The molecule has 3 amide bonds. The van der Waals surface area contributed by atoms with E-state index in [0.717, 1.165) is 30.9 Å². The number of likely N-dealkylation sites (tertiary alicyclic amines) is 2. The van der Waals surface area contributed by atoms with E-state index in [1.807, 2.05) is 4.90 Å². The zero-order valence-electron chi connectivity index (χ0n) is 34.2. The Hall–Kier alpha value is -5.15. The van der Waals surface area contributed by atoms with Gasteiger partial charge in [0.25, 0.3) is 0 Å². The van der Waals surface area contributed by atoms with E-state index in [4.69, 9.17) is 15.9 Å². The minimum absolute atomic E-state index is 0.00966. The minimum Gasteiger partial charge on any atom is -0.389 e. The molecular formula is C42H50F2N10O6S2. The molecule has 7 N–H and O–H groups in total. The average Bonchev–Trinajstić information content (AvgIpc) is 3.65. The van der Waals surface area contributed by atoms with Crippen LogP contribution in [0.2, 0.25) is 0 Å². The number of rotatable bonds is 12. The molecule has 20 heteroatoms. The fraction of sp³-hybridized carbons (Fsp3) is 0.476. The Balaban J connectivity index is 0.849. The molecule has 330 valence electrons. The maximum atomic E-state index is 16.3. The number of amides is 3. The topological polar surface area (TPSA) is 230 Å². The second-order valence-corrected chi connectivity index (χ2v) is 19.5. The highest BCUT2D eigenvalue weighted by molar-refractivity contribution is 7.89.